The summed E-state index contributed by atoms with van der Waals surface area (Å²) in [5.41, 5.74) is 1.77. The van der Waals surface area contributed by atoms with Crippen molar-refractivity contribution < 1.29 is 14.3 Å². The maximum atomic E-state index is 12.8. The smallest absolute Gasteiger partial charge is 0.321 e. The average molecular weight is 412 g/mol. The van der Waals surface area contributed by atoms with Crippen LogP contribution in [0.15, 0.2) is 36.8 Å². The van der Waals surface area contributed by atoms with Crippen LogP contribution in [-0.4, -0.2) is 65.0 Å². The molecule has 0 unspecified atom stereocenters. The Morgan fingerprint density at radius 1 is 1.30 bits per heavy atom. The van der Waals surface area contributed by atoms with Crippen molar-refractivity contribution in [2.45, 2.75) is 25.7 Å². The minimum absolute atomic E-state index is 0.0895. The first-order valence-electron chi connectivity index (χ1n) is 10.6. The molecule has 2 fully saturated rings. The number of amides is 3. The molecule has 0 bridgehead atoms. The summed E-state index contributed by atoms with van der Waals surface area (Å²) in [6, 6.07) is 7.28. The van der Waals surface area contributed by atoms with Crippen molar-refractivity contribution in [3.8, 4) is 5.75 Å². The van der Waals surface area contributed by atoms with Gasteiger partial charge in [-0.15, -0.1) is 0 Å². The molecular formula is C22H29N5O3. The zero-order valence-corrected chi connectivity index (χ0v) is 17.3. The number of anilines is 1. The second kappa shape index (κ2) is 9.19. The summed E-state index contributed by atoms with van der Waals surface area (Å²) < 4.78 is 5.22. The number of hydrogen-bond donors (Lipinski definition) is 2. The van der Waals surface area contributed by atoms with E-state index in [4.69, 9.17) is 4.74 Å². The molecule has 2 aliphatic heterocycles. The molecule has 0 aliphatic carbocycles. The van der Waals surface area contributed by atoms with E-state index in [1.807, 2.05) is 34.1 Å². The predicted molar refractivity (Wildman–Crippen MR) is 113 cm³/mol. The lowest BCUT2D eigenvalue weighted by Gasteiger charge is -2.37. The van der Waals surface area contributed by atoms with Gasteiger partial charge >= 0.3 is 6.03 Å². The number of carbonyl (C=O) groups excluding carboxylic acids is 2. The summed E-state index contributed by atoms with van der Waals surface area (Å²) in [6.07, 6.45) is 6.65. The number of nitrogens with zero attached hydrogens (tertiary/aromatic N) is 3. The number of rotatable bonds is 5. The number of piperidine rings is 1. The number of likely N-dealkylation sites (tertiary alicyclic amines) is 2. The lowest BCUT2D eigenvalue weighted by Crippen LogP contribution is -2.45. The molecule has 160 valence electrons. The highest BCUT2D eigenvalue weighted by Gasteiger charge is 2.36. The highest BCUT2D eigenvalue weighted by Crippen LogP contribution is 2.32. The maximum Gasteiger partial charge on any atom is 0.321 e. The number of carbonyl (C=O) groups is 2. The lowest BCUT2D eigenvalue weighted by molar-refractivity contribution is -0.131. The number of aromatic nitrogens is 2. The van der Waals surface area contributed by atoms with Crippen LogP contribution < -0.4 is 10.1 Å². The van der Waals surface area contributed by atoms with Gasteiger partial charge in [-0.1, -0.05) is 6.07 Å². The van der Waals surface area contributed by atoms with Gasteiger partial charge in [0.15, 0.2) is 0 Å². The Kier molecular flexibility index (Phi) is 6.21. The predicted octanol–water partition coefficient (Wildman–Crippen LogP) is 2.75. The van der Waals surface area contributed by atoms with E-state index in [0.29, 0.717) is 43.6 Å². The van der Waals surface area contributed by atoms with Crippen LogP contribution in [0.5, 0.6) is 5.75 Å². The van der Waals surface area contributed by atoms with Crippen LogP contribution in [0.3, 0.4) is 0 Å². The Bertz CT molecular complexity index is 869. The number of urea groups is 1. The van der Waals surface area contributed by atoms with Crippen molar-refractivity contribution >= 4 is 17.6 Å². The molecule has 8 heteroatoms. The fourth-order valence-electron chi connectivity index (χ4n) is 4.48. The Hall–Kier alpha value is -3.03. The molecule has 2 aromatic rings. The number of nitrogens with one attached hydrogen (secondary N) is 2. The van der Waals surface area contributed by atoms with Crippen LogP contribution in [0, 0.1) is 11.8 Å². The first-order valence-corrected chi connectivity index (χ1v) is 10.6. The summed E-state index contributed by atoms with van der Waals surface area (Å²) in [5, 5.41) is 2.97. The highest BCUT2D eigenvalue weighted by molar-refractivity contribution is 5.89. The van der Waals surface area contributed by atoms with Gasteiger partial charge in [0.2, 0.25) is 5.91 Å². The standard InChI is InChI=1S/C22H29N5O3/c1-30-20-4-2-3-18(12-20)25-22(29)27-9-5-16-11-21(28)26(8-6-17(16)14-27)10-7-19-13-23-15-24-19/h2-4,12-13,15-17H,5-11,14H2,1H3,(H,23,24)(H,25,29)/t16-,17-/m0/s1. The van der Waals surface area contributed by atoms with Crippen LogP contribution >= 0.6 is 0 Å². The fourth-order valence-corrected chi connectivity index (χ4v) is 4.48. The number of benzene rings is 1. The van der Waals surface area contributed by atoms with Gasteiger partial charge in [0.1, 0.15) is 5.75 Å². The van der Waals surface area contributed by atoms with Gasteiger partial charge < -0.3 is 24.8 Å². The molecule has 1 aromatic carbocycles. The number of imidazole rings is 1. The zero-order chi connectivity index (χ0) is 20.9. The van der Waals surface area contributed by atoms with E-state index >= 15 is 0 Å². The Balaban J connectivity index is 1.32. The van der Waals surface area contributed by atoms with Crippen molar-refractivity contribution in [3.63, 3.8) is 0 Å². The molecule has 3 heterocycles. The van der Waals surface area contributed by atoms with E-state index in [1.165, 1.54) is 0 Å². The summed E-state index contributed by atoms with van der Waals surface area (Å²) in [7, 11) is 1.61. The highest BCUT2D eigenvalue weighted by atomic mass is 16.5. The topological polar surface area (TPSA) is 90.6 Å². The summed E-state index contributed by atoms with van der Waals surface area (Å²) in [5.74, 6) is 1.66. The van der Waals surface area contributed by atoms with Crippen molar-refractivity contribution in [1.29, 1.82) is 0 Å². The minimum Gasteiger partial charge on any atom is -0.497 e. The number of methoxy groups -OCH3 is 1. The molecular weight excluding hydrogens is 382 g/mol. The minimum atomic E-state index is -0.0895. The fraction of sp³-hybridized carbons (Fsp3) is 0.500. The third-order valence-electron chi connectivity index (χ3n) is 6.26. The van der Waals surface area contributed by atoms with Crippen LogP contribution in [0.4, 0.5) is 10.5 Å². The Labute approximate surface area is 176 Å². The Morgan fingerprint density at radius 3 is 2.97 bits per heavy atom. The monoisotopic (exact) mass is 411 g/mol. The van der Waals surface area contributed by atoms with E-state index in [1.54, 1.807) is 19.6 Å². The lowest BCUT2D eigenvalue weighted by atomic mass is 9.82. The SMILES string of the molecule is COc1cccc(NC(=O)N2CC[C@H]3CC(=O)N(CCc4cnc[nH]4)CC[C@H]3C2)c1. The zero-order valence-electron chi connectivity index (χ0n) is 17.3. The van der Waals surface area contributed by atoms with Crippen LogP contribution in [-0.2, 0) is 11.2 Å². The van der Waals surface area contributed by atoms with E-state index in [0.717, 1.165) is 37.2 Å². The largest absolute Gasteiger partial charge is 0.497 e. The van der Waals surface area contributed by atoms with Crippen molar-refractivity contribution in [2.24, 2.45) is 11.8 Å². The number of H-pyrrole nitrogens is 1. The summed E-state index contributed by atoms with van der Waals surface area (Å²) in [6.45, 7) is 2.83. The molecule has 30 heavy (non-hydrogen) atoms. The van der Waals surface area contributed by atoms with Gasteiger partial charge in [-0.05, 0) is 36.8 Å². The molecule has 0 saturated carbocycles. The van der Waals surface area contributed by atoms with Crippen LogP contribution in [0.2, 0.25) is 0 Å². The number of hydrogen-bond acceptors (Lipinski definition) is 4. The van der Waals surface area contributed by atoms with Gasteiger partial charge in [-0.3, -0.25) is 4.79 Å². The van der Waals surface area contributed by atoms with Gasteiger partial charge in [0.05, 0.1) is 13.4 Å². The second-order valence-electron chi connectivity index (χ2n) is 8.12. The molecule has 3 amide bonds. The molecule has 0 radical (unpaired) electrons. The molecule has 2 aliphatic rings. The normalized spacial score (nSPS) is 21.7. The molecule has 4 rings (SSSR count). The van der Waals surface area contributed by atoms with Crippen LogP contribution in [0.1, 0.15) is 25.0 Å². The van der Waals surface area contributed by atoms with E-state index < -0.39 is 0 Å². The first kappa shape index (κ1) is 20.3. The average Bonchev–Trinajstić information content (AvgIpc) is 3.22. The van der Waals surface area contributed by atoms with Gasteiger partial charge in [0.25, 0.3) is 0 Å². The molecule has 2 saturated heterocycles. The third-order valence-corrected chi connectivity index (χ3v) is 6.26. The number of ether oxygens (including phenoxy) is 1. The number of aromatic amines is 1. The quantitative estimate of drug-likeness (QED) is 0.792. The van der Waals surface area contributed by atoms with Crippen LogP contribution in [0.25, 0.3) is 0 Å². The molecule has 8 nitrogen and oxygen atoms in total. The maximum absolute atomic E-state index is 12.8. The van der Waals surface area contributed by atoms with Gasteiger partial charge in [-0.2, -0.15) is 0 Å². The summed E-state index contributed by atoms with van der Waals surface area (Å²) >= 11 is 0. The second-order valence-corrected chi connectivity index (χ2v) is 8.12. The van der Waals surface area contributed by atoms with E-state index in [-0.39, 0.29) is 11.9 Å². The molecule has 1 aromatic heterocycles. The molecule has 0 spiro atoms. The van der Waals surface area contributed by atoms with Crippen molar-refractivity contribution in [3.05, 3.63) is 42.5 Å². The number of fused-ring (bicyclic) bond motifs is 1. The van der Waals surface area contributed by atoms with E-state index in [9.17, 15) is 9.59 Å². The van der Waals surface area contributed by atoms with E-state index in [2.05, 4.69) is 15.3 Å². The Morgan fingerprint density at radius 2 is 2.17 bits per heavy atom. The summed E-state index contributed by atoms with van der Waals surface area (Å²) in [4.78, 5) is 36.5. The molecule has 2 N–H and O–H groups in total. The van der Waals surface area contributed by atoms with Gasteiger partial charge in [-0.25, -0.2) is 9.78 Å². The van der Waals surface area contributed by atoms with Crippen molar-refractivity contribution in [2.75, 3.05) is 38.6 Å². The van der Waals surface area contributed by atoms with Gasteiger partial charge in [0, 0.05) is 62.7 Å². The third kappa shape index (κ3) is 4.75. The molecule has 2 atom stereocenters. The van der Waals surface area contributed by atoms with Crippen molar-refractivity contribution in [1.82, 2.24) is 19.8 Å². The first-order chi connectivity index (χ1) is 14.6.